The topological polar surface area (TPSA) is 68.0 Å². The number of likely N-dealkylation sites (tertiary alicyclic amines) is 1. The van der Waals surface area contributed by atoms with Gasteiger partial charge < -0.3 is 14.8 Å². The van der Waals surface area contributed by atoms with Crippen LogP contribution in [0.1, 0.15) is 29.0 Å². The number of nitrogens with zero attached hydrogens (tertiary/aromatic N) is 5. The third kappa shape index (κ3) is 2.16. The molecule has 1 spiro atoms. The van der Waals surface area contributed by atoms with Crippen molar-refractivity contribution in [2.24, 2.45) is 7.05 Å². The van der Waals surface area contributed by atoms with Crippen molar-refractivity contribution in [3.8, 4) is 5.82 Å². The number of aryl methyl sites for hydroxylation is 1. The minimum Gasteiger partial charge on any atom is -0.371 e. The van der Waals surface area contributed by atoms with Gasteiger partial charge in [-0.2, -0.15) is 5.10 Å². The van der Waals surface area contributed by atoms with Gasteiger partial charge in [0.15, 0.2) is 5.82 Å². The predicted molar refractivity (Wildman–Crippen MR) is 97.2 cm³/mol. The van der Waals surface area contributed by atoms with E-state index in [0.29, 0.717) is 18.8 Å². The first-order valence-corrected chi connectivity index (χ1v) is 8.87. The van der Waals surface area contributed by atoms with Crippen LogP contribution >= 0.6 is 0 Å². The molecule has 7 heteroatoms. The van der Waals surface area contributed by atoms with E-state index in [-0.39, 0.29) is 11.4 Å². The van der Waals surface area contributed by atoms with Crippen molar-refractivity contribution in [3.05, 3.63) is 60.3 Å². The Morgan fingerprint density at radius 1 is 1.15 bits per heavy atom. The number of aromatic nitrogens is 4. The molecule has 7 nitrogen and oxygen atoms in total. The maximum atomic E-state index is 12.7. The Morgan fingerprint density at radius 3 is 2.77 bits per heavy atom. The van der Waals surface area contributed by atoms with Crippen LogP contribution in [-0.2, 0) is 12.6 Å². The van der Waals surface area contributed by atoms with E-state index in [0.717, 1.165) is 24.3 Å². The lowest BCUT2D eigenvalue weighted by molar-refractivity contribution is 0.0669. The van der Waals surface area contributed by atoms with Crippen LogP contribution in [0.25, 0.3) is 5.82 Å². The average molecular weight is 348 g/mol. The van der Waals surface area contributed by atoms with Gasteiger partial charge in [0.25, 0.3) is 5.91 Å². The van der Waals surface area contributed by atoms with Crippen molar-refractivity contribution in [2.45, 2.75) is 18.4 Å². The summed E-state index contributed by atoms with van der Waals surface area (Å²) in [6.45, 7) is 1.40. The number of pyridine rings is 1. The van der Waals surface area contributed by atoms with E-state index in [1.165, 1.54) is 5.69 Å². The number of hydrogen-bond acceptors (Lipinski definition) is 4. The van der Waals surface area contributed by atoms with Gasteiger partial charge in [0.1, 0.15) is 5.69 Å². The Kier molecular flexibility index (Phi) is 3.19. The quantitative estimate of drug-likeness (QED) is 0.732. The standard InChI is InChI=1S/C19H20N6O/c1-23-11-6-15(22-23)18(26)24-12-7-19(8-13-24)16-5-3-10-25(16)17-14(21-19)4-2-9-20-17/h2-6,9-11,21H,7-8,12-13H2,1H3. The zero-order valence-electron chi connectivity index (χ0n) is 14.6. The zero-order valence-corrected chi connectivity index (χ0v) is 14.6. The molecule has 3 aromatic rings. The maximum Gasteiger partial charge on any atom is 0.274 e. The SMILES string of the molecule is Cn1ccc(C(=O)N2CCC3(CC2)Nc2cccnc2-n2cccc23)n1. The van der Waals surface area contributed by atoms with Crippen LogP contribution < -0.4 is 5.32 Å². The largest absolute Gasteiger partial charge is 0.371 e. The molecule has 0 aromatic carbocycles. The monoisotopic (exact) mass is 348 g/mol. The van der Waals surface area contributed by atoms with Crippen LogP contribution in [0.3, 0.4) is 0 Å². The first-order chi connectivity index (χ1) is 12.7. The van der Waals surface area contributed by atoms with Crippen molar-refractivity contribution < 1.29 is 4.79 Å². The maximum absolute atomic E-state index is 12.7. The zero-order chi connectivity index (χ0) is 17.7. The summed E-state index contributed by atoms with van der Waals surface area (Å²) in [5.41, 5.74) is 2.60. The van der Waals surface area contributed by atoms with Gasteiger partial charge in [-0.15, -0.1) is 0 Å². The molecule has 2 aliphatic rings. The van der Waals surface area contributed by atoms with E-state index in [4.69, 9.17) is 0 Å². The van der Waals surface area contributed by atoms with Gasteiger partial charge >= 0.3 is 0 Å². The number of carbonyl (C=O) groups excluding carboxylic acids is 1. The molecule has 0 atom stereocenters. The fraction of sp³-hybridized carbons (Fsp3) is 0.316. The third-order valence-electron chi connectivity index (χ3n) is 5.46. The summed E-state index contributed by atoms with van der Waals surface area (Å²) >= 11 is 0. The van der Waals surface area contributed by atoms with Crippen molar-refractivity contribution in [2.75, 3.05) is 18.4 Å². The summed E-state index contributed by atoms with van der Waals surface area (Å²) in [7, 11) is 1.83. The molecule has 5 heterocycles. The Hall–Kier alpha value is -3.09. The van der Waals surface area contributed by atoms with Gasteiger partial charge in [-0.05, 0) is 43.2 Å². The third-order valence-corrected chi connectivity index (χ3v) is 5.46. The van der Waals surface area contributed by atoms with E-state index in [9.17, 15) is 4.79 Å². The first-order valence-electron chi connectivity index (χ1n) is 8.87. The number of amides is 1. The molecule has 0 radical (unpaired) electrons. The molecule has 3 aromatic heterocycles. The fourth-order valence-electron chi connectivity index (χ4n) is 4.13. The molecular formula is C19H20N6O. The number of hydrogen-bond donors (Lipinski definition) is 1. The van der Waals surface area contributed by atoms with Gasteiger partial charge in [-0.3, -0.25) is 9.48 Å². The predicted octanol–water partition coefficient (Wildman–Crippen LogP) is 2.16. The molecule has 0 unspecified atom stereocenters. The van der Waals surface area contributed by atoms with Crippen molar-refractivity contribution in [1.82, 2.24) is 24.2 Å². The van der Waals surface area contributed by atoms with Crippen LogP contribution in [0, 0.1) is 0 Å². The highest BCUT2D eigenvalue weighted by Crippen LogP contribution is 2.42. The second-order valence-corrected chi connectivity index (χ2v) is 7.01. The molecule has 2 aliphatic heterocycles. The first kappa shape index (κ1) is 15.2. The van der Waals surface area contributed by atoms with Crippen LogP contribution in [0.2, 0.25) is 0 Å². The van der Waals surface area contributed by atoms with E-state index >= 15 is 0 Å². The molecular weight excluding hydrogens is 328 g/mol. The lowest BCUT2D eigenvalue weighted by atomic mass is 9.82. The molecule has 1 amide bonds. The normalized spacial score (nSPS) is 17.5. The van der Waals surface area contributed by atoms with E-state index in [2.05, 4.69) is 44.4 Å². The second-order valence-electron chi connectivity index (χ2n) is 7.01. The second kappa shape index (κ2) is 5.45. The smallest absolute Gasteiger partial charge is 0.274 e. The van der Waals surface area contributed by atoms with Crippen LogP contribution in [-0.4, -0.2) is 43.2 Å². The number of fused-ring (bicyclic) bond motifs is 4. The summed E-state index contributed by atoms with van der Waals surface area (Å²) in [6.07, 6.45) is 7.39. The van der Waals surface area contributed by atoms with Gasteiger partial charge in [0.05, 0.1) is 11.2 Å². The molecule has 1 fully saturated rings. The summed E-state index contributed by atoms with van der Waals surface area (Å²) in [5.74, 6) is 0.943. The van der Waals surface area contributed by atoms with Gasteiger partial charge in [-0.1, -0.05) is 0 Å². The summed E-state index contributed by atoms with van der Waals surface area (Å²) in [4.78, 5) is 19.1. The Labute approximate surface area is 151 Å². The minimum atomic E-state index is -0.166. The number of anilines is 1. The molecule has 1 N–H and O–H groups in total. The lowest BCUT2D eigenvalue weighted by Crippen LogP contribution is -2.51. The number of rotatable bonds is 1. The number of nitrogens with one attached hydrogen (secondary N) is 1. The summed E-state index contributed by atoms with van der Waals surface area (Å²) < 4.78 is 3.83. The highest BCUT2D eigenvalue weighted by atomic mass is 16.2. The minimum absolute atomic E-state index is 0.00806. The molecule has 0 saturated carbocycles. The van der Waals surface area contributed by atoms with Crippen molar-refractivity contribution in [3.63, 3.8) is 0 Å². The highest BCUT2D eigenvalue weighted by Gasteiger charge is 2.42. The van der Waals surface area contributed by atoms with Crippen LogP contribution in [0.15, 0.2) is 48.9 Å². The summed E-state index contributed by atoms with van der Waals surface area (Å²) in [5, 5.41) is 7.96. The molecule has 26 heavy (non-hydrogen) atoms. The highest BCUT2D eigenvalue weighted by molar-refractivity contribution is 5.92. The fourth-order valence-corrected chi connectivity index (χ4v) is 4.13. The molecule has 1 saturated heterocycles. The Balaban J connectivity index is 1.42. The van der Waals surface area contributed by atoms with Gasteiger partial charge in [0.2, 0.25) is 0 Å². The Morgan fingerprint density at radius 2 is 2.00 bits per heavy atom. The molecule has 132 valence electrons. The van der Waals surface area contributed by atoms with Crippen LogP contribution in [0.5, 0.6) is 0 Å². The summed E-state index contributed by atoms with van der Waals surface area (Å²) in [6, 6.07) is 10.0. The van der Waals surface area contributed by atoms with Gasteiger partial charge in [0, 0.05) is 44.4 Å². The van der Waals surface area contributed by atoms with Crippen LogP contribution in [0.4, 0.5) is 5.69 Å². The molecule has 5 rings (SSSR count). The van der Waals surface area contributed by atoms with Crippen molar-refractivity contribution in [1.29, 1.82) is 0 Å². The van der Waals surface area contributed by atoms with E-state index < -0.39 is 0 Å². The average Bonchev–Trinajstić information content (AvgIpc) is 3.32. The van der Waals surface area contributed by atoms with Gasteiger partial charge in [-0.25, -0.2) is 4.98 Å². The molecule has 0 bridgehead atoms. The van der Waals surface area contributed by atoms with E-state index in [1.807, 2.05) is 24.2 Å². The van der Waals surface area contributed by atoms with E-state index in [1.54, 1.807) is 16.9 Å². The molecule has 0 aliphatic carbocycles. The number of piperidine rings is 1. The lowest BCUT2D eigenvalue weighted by Gasteiger charge is -2.45. The Bertz CT molecular complexity index is 979. The number of carbonyl (C=O) groups is 1. The van der Waals surface area contributed by atoms with Crippen molar-refractivity contribution >= 4 is 11.6 Å².